The highest BCUT2D eigenvalue weighted by molar-refractivity contribution is 5.86. The first-order valence-corrected chi connectivity index (χ1v) is 17.1. The molecule has 0 bridgehead atoms. The van der Waals surface area contributed by atoms with Crippen LogP contribution in [0.15, 0.2) is 12.2 Å². The van der Waals surface area contributed by atoms with Crippen LogP contribution in [0.1, 0.15) is 200 Å². The van der Waals surface area contributed by atoms with Crippen molar-refractivity contribution in [3.05, 3.63) is 12.2 Å². The minimum absolute atomic E-state index is 0.291. The minimum Gasteiger partial charge on any atom is -0.435 e. The van der Waals surface area contributed by atoms with E-state index in [0.29, 0.717) is 5.57 Å². The standard InChI is InChI=1S/3C10H20.C5H8O3/c3*1-2-4-6-8-10-9-7-5-3-1;1-4(2)5(7)8-3-6/h3*1-10H2;6H,1,3H2,2H3. The van der Waals surface area contributed by atoms with E-state index in [1.807, 2.05) is 0 Å². The van der Waals surface area contributed by atoms with Crippen molar-refractivity contribution < 1.29 is 14.6 Å². The number of rotatable bonds is 2. The average Bonchev–Trinajstić information content (AvgIpc) is 2.95. The molecule has 0 saturated heterocycles. The van der Waals surface area contributed by atoms with Gasteiger partial charge in [0.15, 0.2) is 6.79 Å². The monoisotopic (exact) mass is 537 g/mol. The third-order valence-corrected chi connectivity index (χ3v) is 8.04. The van der Waals surface area contributed by atoms with Gasteiger partial charge in [-0.15, -0.1) is 0 Å². The van der Waals surface area contributed by atoms with Crippen molar-refractivity contribution in [3.8, 4) is 0 Å². The summed E-state index contributed by atoms with van der Waals surface area (Å²) >= 11 is 0. The van der Waals surface area contributed by atoms with Crippen LogP contribution >= 0.6 is 0 Å². The normalized spacial score (nSPS) is 20.7. The van der Waals surface area contributed by atoms with Crippen LogP contribution in [0, 0.1) is 0 Å². The van der Waals surface area contributed by atoms with E-state index in [0.717, 1.165) is 0 Å². The fraction of sp³-hybridized carbons (Fsp3) is 0.914. The van der Waals surface area contributed by atoms with Crippen molar-refractivity contribution in [2.45, 2.75) is 200 Å². The first-order chi connectivity index (χ1) is 18.7. The van der Waals surface area contributed by atoms with Gasteiger partial charge in [0.2, 0.25) is 0 Å². The van der Waals surface area contributed by atoms with Crippen LogP contribution < -0.4 is 0 Å². The van der Waals surface area contributed by atoms with Gasteiger partial charge in [-0.25, -0.2) is 4.79 Å². The molecule has 3 aliphatic rings. The molecule has 0 amide bonds. The second-order valence-corrected chi connectivity index (χ2v) is 11.9. The molecule has 3 fully saturated rings. The lowest BCUT2D eigenvalue weighted by Gasteiger charge is -2.05. The van der Waals surface area contributed by atoms with Crippen molar-refractivity contribution >= 4 is 5.97 Å². The number of aliphatic hydroxyl groups excluding tert-OH is 1. The molecule has 3 aliphatic carbocycles. The molecule has 38 heavy (non-hydrogen) atoms. The Hall–Kier alpha value is -0.830. The number of carbonyl (C=O) groups is 1. The molecular formula is C35H68O3. The van der Waals surface area contributed by atoms with E-state index in [1.54, 1.807) is 0 Å². The number of hydrogen-bond acceptors (Lipinski definition) is 3. The van der Waals surface area contributed by atoms with Gasteiger partial charge in [0.25, 0.3) is 0 Å². The summed E-state index contributed by atoms with van der Waals surface area (Å²) in [6.45, 7) is 4.22. The van der Waals surface area contributed by atoms with E-state index < -0.39 is 12.8 Å². The van der Waals surface area contributed by atoms with Crippen LogP contribution in [-0.4, -0.2) is 17.9 Å². The van der Waals surface area contributed by atoms with Gasteiger partial charge < -0.3 is 9.84 Å². The Morgan fingerprint density at radius 1 is 0.447 bits per heavy atom. The number of hydrogen-bond donors (Lipinski definition) is 1. The van der Waals surface area contributed by atoms with Gasteiger partial charge in [0.05, 0.1) is 0 Å². The Morgan fingerprint density at radius 2 is 0.579 bits per heavy atom. The van der Waals surface area contributed by atoms with Gasteiger partial charge >= 0.3 is 5.97 Å². The second kappa shape index (κ2) is 32.4. The summed E-state index contributed by atoms with van der Waals surface area (Å²) in [5.74, 6) is -0.562. The Morgan fingerprint density at radius 3 is 0.632 bits per heavy atom. The SMILES string of the molecule is C1CCCCCCCCC1.C1CCCCCCCCC1.C1CCCCCCCCC1.C=C(C)C(=O)OCO. The summed E-state index contributed by atoms with van der Waals surface area (Å²) in [6.07, 6.45) is 45.0. The summed E-state index contributed by atoms with van der Waals surface area (Å²) in [4.78, 5) is 10.3. The Balaban J connectivity index is 0.000000483. The molecule has 0 radical (unpaired) electrons. The van der Waals surface area contributed by atoms with Crippen LogP contribution in [0.3, 0.4) is 0 Å². The quantitative estimate of drug-likeness (QED) is 0.217. The Bertz CT molecular complexity index is 340. The highest BCUT2D eigenvalue weighted by atomic mass is 16.6. The zero-order valence-electron chi connectivity index (χ0n) is 25.9. The maximum Gasteiger partial charge on any atom is 0.335 e. The highest BCUT2D eigenvalue weighted by Crippen LogP contribution is 2.17. The lowest BCUT2D eigenvalue weighted by Crippen LogP contribution is -2.04. The lowest BCUT2D eigenvalue weighted by atomic mass is 10.0. The van der Waals surface area contributed by atoms with Crippen LogP contribution in [-0.2, 0) is 9.53 Å². The second-order valence-electron chi connectivity index (χ2n) is 11.9. The van der Waals surface area contributed by atoms with Crippen molar-refractivity contribution in [2.75, 3.05) is 6.79 Å². The van der Waals surface area contributed by atoms with Gasteiger partial charge in [0.1, 0.15) is 0 Å². The van der Waals surface area contributed by atoms with Gasteiger partial charge in [-0.2, -0.15) is 0 Å². The van der Waals surface area contributed by atoms with Crippen molar-refractivity contribution in [1.82, 2.24) is 0 Å². The maximum atomic E-state index is 10.3. The van der Waals surface area contributed by atoms with Crippen molar-refractivity contribution in [1.29, 1.82) is 0 Å². The topological polar surface area (TPSA) is 46.5 Å². The molecule has 3 rings (SSSR count). The van der Waals surface area contributed by atoms with Gasteiger partial charge in [-0.1, -0.05) is 199 Å². The summed E-state index contributed by atoms with van der Waals surface area (Å²) < 4.78 is 4.12. The molecule has 0 aromatic rings. The predicted molar refractivity (Wildman–Crippen MR) is 167 cm³/mol. The van der Waals surface area contributed by atoms with E-state index in [9.17, 15) is 4.79 Å². The third kappa shape index (κ3) is 31.4. The van der Waals surface area contributed by atoms with E-state index in [1.165, 1.54) is 200 Å². The van der Waals surface area contributed by atoms with Crippen LogP contribution in [0.25, 0.3) is 0 Å². The summed E-state index contributed by atoms with van der Waals surface area (Å²) in [7, 11) is 0. The molecule has 3 saturated carbocycles. The average molecular weight is 537 g/mol. The largest absolute Gasteiger partial charge is 0.435 e. The summed E-state index contributed by atoms with van der Waals surface area (Å²) in [6, 6.07) is 0. The lowest BCUT2D eigenvalue weighted by molar-refractivity contribution is -0.146. The first-order valence-electron chi connectivity index (χ1n) is 17.1. The van der Waals surface area contributed by atoms with Crippen LogP contribution in [0.2, 0.25) is 0 Å². The van der Waals surface area contributed by atoms with Gasteiger partial charge in [-0.05, 0) is 6.92 Å². The number of ether oxygens (including phenoxy) is 1. The minimum atomic E-state index is -0.578. The van der Waals surface area contributed by atoms with E-state index in [-0.39, 0.29) is 0 Å². The molecule has 3 nitrogen and oxygen atoms in total. The fourth-order valence-electron chi connectivity index (χ4n) is 5.49. The van der Waals surface area contributed by atoms with Crippen LogP contribution in [0.5, 0.6) is 0 Å². The molecule has 0 aromatic heterocycles. The first kappa shape index (κ1) is 37.2. The third-order valence-electron chi connectivity index (χ3n) is 8.04. The molecule has 0 aromatic carbocycles. The molecule has 0 aliphatic heterocycles. The molecule has 3 heteroatoms. The number of aliphatic hydroxyl groups is 1. The number of carbonyl (C=O) groups excluding carboxylic acids is 1. The maximum absolute atomic E-state index is 10.3. The van der Waals surface area contributed by atoms with Gasteiger partial charge in [0, 0.05) is 5.57 Å². The van der Waals surface area contributed by atoms with E-state index in [4.69, 9.17) is 5.11 Å². The van der Waals surface area contributed by atoms with Gasteiger partial charge in [-0.3, -0.25) is 0 Å². The Kier molecular flexibility index (Phi) is 31.7. The zero-order valence-corrected chi connectivity index (χ0v) is 25.9. The van der Waals surface area contributed by atoms with Crippen molar-refractivity contribution in [2.24, 2.45) is 0 Å². The number of esters is 1. The van der Waals surface area contributed by atoms with Crippen molar-refractivity contribution in [3.63, 3.8) is 0 Å². The van der Waals surface area contributed by atoms with E-state index >= 15 is 0 Å². The fourth-order valence-corrected chi connectivity index (χ4v) is 5.49. The molecule has 1 N–H and O–H groups in total. The molecule has 0 unspecified atom stereocenters. The highest BCUT2D eigenvalue weighted by Gasteiger charge is 1.99. The summed E-state index contributed by atoms with van der Waals surface area (Å²) in [5.41, 5.74) is 0.291. The molecule has 0 atom stereocenters. The zero-order chi connectivity index (χ0) is 27.8. The van der Waals surface area contributed by atoms with E-state index in [2.05, 4.69) is 11.3 Å². The Labute approximate surface area is 239 Å². The molecule has 0 spiro atoms. The predicted octanol–water partition coefficient (Wildman–Crippen LogP) is 11.8. The van der Waals surface area contributed by atoms with Crippen LogP contribution in [0.4, 0.5) is 0 Å². The molecule has 0 heterocycles. The molecular weight excluding hydrogens is 468 g/mol. The molecule has 226 valence electrons. The summed E-state index contributed by atoms with van der Waals surface area (Å²) in [5, 5.41) is 8.00. The smallest absolute Gasteiger partial charge is 0.335 e.